The number of carbonyl (C=O) groups is 1. The molecule has 1 heterocycles. The fourth-order valence-electron chi connectivity index (χ4n) is 1.56. The first kappa shape index (κ1) is 13.0. The van der Waals surface area contributed by atoms with E-state index in [1.807, 2.05) is 24.8 Å². The van der Waals surface area contributed by atoms with Crippen LogP contribution in [0.15, 0.2) is 18.3 Å². The lowest BCUT2D eigenvalue weighted by Gasteiger charge is -2.28. The van der Waals surface area contributed by atoms with Gasteiger partial charge in [-0.15, -0.1) is 0 Å². The molecule has 0 fully saturated rings. The summed E-state index contributed by atoms with van der Waals surface area (Å²) >= 11 is 0. The van der Waals surface area contributed by atoms with Gasteiger partial charge >= 0.3 is 5.97 Å². The quantitative estimate of drug-likeness (QED) is 0.836. The highest BCUT2D eigenvalue weighted by Crippen LogP contribution is 2.17. The van der Waals surface area contributed by atoms with Crippen molar-refractivity contribution in [1.82, 2.24) is 4.98 Å². The average molecular weight is 233 g/mol. The average Bonchev–Trinajstić information content (AvgIpc) is 2.28. The molecule has 0 aromatic carbocycles. The van der Waals surface area contributed by atoms with Gasteiger partial charge in [0.25, 0.3) is 0 Å². The normalized spacial score (nSPS) is 10.0. The van der Waals surface area contributed by atoms with Gasteiger partial charge in [-0.25, -0.2) is 4.98 Å². The van der Waals surface area contributed by atoms with E-state index in [1.54, 1.807) is 18.3 Å². The summed E-state index contributed by atoms with van der Waals surface area (Å²) in [6.07, 6.45) is 1.63. The second kappa shape index (κ2) is 5.85. The van der Waals surface area contributed by atoms with Crippen LogP contribution < -0.4 is 4.90 Å². The van der Waals surface area contributed by atoms with Crippen LogP contribution in [0.5, 0.6) is 0 Å². The molecular weight excluding hydrogens is 218 g/mol. The van der Waals surface area contributed by atoms with Crippen molar-refractivity contribution in [3.8, 4) is 6.07 Å². The van der Waals surface area contributed by atoms with Gasteiger partial charge in [-0.3, -0.25) is 4.79 Å². The molecule has 17 heavy (non-hydrogen) atoms. The number of nitrogens with zero attached hydrogens (tertiary/aromatic N) is 3. The van der Waals surface area contributed by atoms with Gasteiger partial charge in [-0.1, -0.05) is 0 Å². The zero-order valence-corrected chi connectivity index (χ0v) is 9.92. The zero-order valence-electron chi connectivity index (χ0n) is 9.92. The standard InChI is InChI=1S/C12H15N3O2/c1-9(2)15(6-4-12(16)17)11-3-5-14-10(7-11)8-13/h3,5,7,9H,4,6H2,1-2H3,(H,16,17). The van der Waals surface area contributed by atoms with Gasteiger partial charge in [-0.05, 0) is 26.0 Å². The molecule has 0 aliphatic rings. The Labute approximate surface area is 100 Å². The van der Waals surface area contributed by atoms with Crippen LogP contribution >= 0.6 is 0 Å². The molecule has 1 aromatic rings. The third kappa shape index (κ3) is 3.76. The van der Waals surface area contributed by atoms with Crippen LogP contribution in [0.2, 0.25) is 0 Å². The molecule has 0 saturated carbocycles. The Morgan fingerprint density at radius 1 is 1.65 bits per heavy atom. The minimum Gasteiger partial charge on any atom is -0.481 e. The molecule has 0 aliphatic heterocycles. The SMILES string of the molecule is CC(C)N(CCC(=O)O)c1ccnc(C#N)c1. The van der Waals surface area contributed by atoms with Crippen molar-refractivity contribution in [2.75, 3.05) is 11.4 Å². The largest absolute Gasteiger partial charge is 0.481 e. The molecule has 0 aliphatic carbocycles. The predicted molar refractivity (Wildman–Crippen MR) is 63.7 cm³/mol. The van der Waals surface area contributed by atoms with Gasteiger partial charge < -0.3 is 10.0 Å². The van der Waals surface area contributed by atoms with E-state index in [4.69, 9.17) is 10.4 Å². The van der Waals surface area contributed by atoms with Crippen molar-refractivity contribution in [2.24, 2.45) is 0 Å². The van der Waals surface area contributed by atoms with Crippen molar-refractivity contribution < 1.29 is 9.90 Å². The first-order valence-corrected chi connectivity index (χ1v) is 5.39. The number of carboxylic acid groups (broad SMARTS) is 1. The van der Waals surface area contributed by atoms with E-state index in [9.17, 15) is 4.79 Å². The molecule has 1 aromatic heterocycles. The number of pyridine rings is 1. The maximum absolute atomic E-state index is 10.6. The number of aromatic nitrogens is 1. The smallest absolute Gasteiger partial charge is 0.305 e. The van der Waals surface area contributed by atoms with Crippen molar-refractivity contribution in [2.45, 2.75) is 26.3 Å². The molecule has 90 valence electrons. The van der Waals surface area contributed by atoms with E-state index in [0.717, 1.165) is 5.69 Å². The van der Waals surface area contributed by atoms with E-state index in [1.165, 1.54) is 0 Å². The van der Waals surface area contributed by atoms with Crippen LogP contribution in [0.4, 0.5) is 5.69 Å². The van der Waals surface area contributed by atoms with E-state index in [-0.39, 0.29) is 12.5 Å². The van der Waals surface area contributed by atoms with Crippen LogP contribution in [0.1, 0.15) is 26.0 Å². The number of nitriles is 1. The molecule has 0 atom stereocenters. The molecule has 5 heteroatoms. The summed E-state index contributed by atoms with van der Waals surface area (Å²) in [4.78, 5) is 16.4. The van der Waals surface area contributed by atoms with Gasteiger partial charge in [0.1, 0.15) is 11.8 Å². The summed E-state index contributed by atoms with van der Waals surface area (Å²) in [7, 11) is 0. The maximum atomic E-state index is 10.6. The Balaban J connectivity index is 2.89. The molecule has 0 amide bonds. The number of carboxylic acids is 1. The summed E-state index contributed by atoms with van der Waals surface area (Å²) in [5, 5.41) is 17.5. The second-order valence-corrected chi connectivity index (χ2v) is 3.94. The summed E-state index contributed by atoms with van der Waals surface area (Å²) in [5.41, 5.74) is 1.16. The fourth-order valence-corrected chi connectivity index (χ4v) is 1.56. The highest BCUT2D eigenvalue weighted by Gasteiger charge is 2.12. The van der Waals surface area contributed by atoms with E-state index >= 15 is 0 Å². The number of anilines is 1. The van der Waals surface area contributed by atoms with Crippen LogP contribution in [0.3, 0.4) is 0 Å². The highest BCUT2D eigenvalue weighted by atomic mass is 16.4. The molecule has 0 saturated heterocycles. The lowest BCUT2D eigenvalue weighted by Crippen LogP contribution is -2.32. The summed E-state index contributed by atoms with van der Waals surface area (Å²) in [6.45, 7) is 4.38. The third-order valence-corrected chi connectivity index (χ3v) is 2.38. The van der Waals surface area contributed by atoms with Crippen LogP contribution in [-0.4, -0.2) is 28.6 Å². The Kier molecular flexibility index (Phi) is 4.46. The van der Waals surface area contributed by atoms with Gasteiger partial charge in [0.15, 0.2) is 0 Å². The van der Waals surface area contributed by atoms with Crippen LogP contribution in [-0.2, 0) is 4.79 Å². The molecule has 5 nitrogen and oxygen atoms in total. The first-order valence-electron chi connectivity index (χ1n) is 5.39. The monoisotopic (exact) mass is 233 g/mol. The van der Waals surface area contributed by atoms with Gasteiger partial charge in [0.2, 0.25) is 0 Å². The van der Waals surface area contributed by atoms with E-state index < -0.39 is 5.97 Å². The minimum atomic E-state index is -0.829. The maximum Gasteiger partial charge on any atom is 0.305 e. The lowest BCUT2D eigenvalue weighted by molar-refractivity contribution is -0.136. The van der Waals surface area contributed by atoms with E-state index in [0.29, 0.717) is 12.2 Å². The summed E-state index contributed by atoms with van der Waals surface area (Å²) in [5.74, 6) is -0.829. The molecule has 0 unspecified atom stereocenters. The number of hydrogen-bond acceptors (Lipinski definition) is 4. The topological polar surface area (TPSA) is 77.2 Å². The molecular formula is C12H15N3O2. The predicted octanol–water partition coefficient (Wildman–Crippen LogP) is 1.64. The van der Waals surface area contributed by atoms with Gasteiger partial charge in [0, 0.05) is 24.5 Å². The number of aliphatic carboxylic acids is 1. The Morgan fingerprint density at radius 2 is 2.35 bits per heavy atom. The minimum absolute atomic E-state index is 0.0718. The highest BCUT2D eigenvalue weighted by molar-refractivity contribution is 5.67. The third-order valence-electron chi connectivity index (χ3n) is 2.38. The van der Waals surface area contributed by atoms with Crippen molar-refractivity contribution in [3.05, 3.63) is 24.0 Å². The Bertz CT molecular complexity index is 438. The second-order valence-electron chi connectivity index (χ2n) is 3.94. The number of rotatable bonds is 5. The number of hydrogen-bond donors (Lipinski definition) is 1. The van der Waals surface area contributed by atoms with Crippen LogP contribution in [0.25, 0.3) is 0 Å². The molecule has 0 radical (unpaired) electrons. The zero-order chi connectivity index (χ0) is 12.8. The van der Waals surface area contributed by atoms with Crippen molar-refractivity contribution >= 4 is 11.7 Å². The van der Waals surface area contributed by atoms with Crippen molar-refractivity contribution in [3.63, 3.8) is 0 Å². The van der Waals surface area contributed by atoms with Gasteiger partial charge in [-0.2, -0.15) is 5.26 Å². The molecule has 1 N–H and O–H groups in total. The Hall–Kier alpha value is -2.09. The van der Waals surface area contributed by atoms with E-state index in [2.05, 4.69) is 4.98 Å². The lowest BCUT2D eigenvalue weighted by atomic mass is 10.2. The molecule has 0 spiro atoms. The summed E-state index contributed by atoms with van der Waals surface area (Å²) < 4.78 is 0. The van der Waals surface area contributed by atoms with Gasteiger partial charge in [0.05, 0.1) is 6.42 Å². The van der Waals surface area contributed by atoms with Crippen molar-refractivity contribution in [1.29, 1.82) is 5.26 Å². The first-order chi connectivity index (χ1) is 8.04. The fraction of sp³-hybridized carbons (Fsp3) is 0.417. The Morgan fingerprint density at radius 3 is 2.88 bits per heavy atom. The molecule has 0 bridgehead atoms. The molecule has 1 rings (SSSR count). The van der Waals surface area contributed by atoms with Crippen LogP contribution in [0, 0.1) is 11.3 Å². The summed E-state index contributed by atoms with van der Waals surface area (Å²) in [6, 6.07) is 5.59.